The molecule has 1 heterocycles. The third-order valence-electron chi connectivity index (χ3n) is 13.2. The lowest BCUT2D eigenvalue weighted by atomic mass is 9.39. The van der Waals surface area contributed by atoms with Crippen molar-refractivity contribution < 1.29 is 41.4 Å². The SMILES string of the molecule is CC(C)(C)OC(=O)N1CCN(Cc2ccc3c(c2)CC24CCC(=O)C=C2CCC2C4[C@@H]3C[C@@]3(C)C2CC[C@@]3(O)C(F)(F)C(F)(F)F)CC1. The number of ketones is 1. The van der Waals surface area contributed by atoms with Gasteiger partial charge in [0.1, 0.15) is 11.2 Å². The molecule has 11 heteroatoms. The monoisotopic (exact) mass is 678 g/mol. The first-order valence-corrected chi connectivity index (χ1v) is 17.5. The topological polar surface area (TPSA) is 70.1 Å². The van der Waals surface area contributed by atoms with E-state index in [1.54, 1.807) is 11.0 Å². The zero-order valence-corrected chi connectivity index (χ0v) is 28.3. The number of aliphatic hydroxyl groups is 1. The van der Waals surface area contributed by atoms with Crippen molar-refractivity contribution in [2.75, 3.05) is 26.2 Å². The Labute approximate surface area is 279 Å². The number of piperazine rings is 1. The summed E-state index contributed by atoms with van der Waals surface area (Å²) in [4.78, 5) is 29.2. The van der Waals surface area contributed by atoms with Gasteiger partial charge >= 0.3 is 18.2 Å². The first kappa shape index (κ1) is 33.9. The number of carbonyl (C=O) groups is 2. The Kier molecular flexibility index (Phi) is 7.77. The van der Waals surface area contributed by atoms with E-state index in [0.29, 0.717) is 64.8 Å². The Balaban J connectivity index is 1.21. The van der Waals surface area contributed by atoms with Gasteiger partial charge in [-0.05, 0) is 118 Å². The molecule has 1 aliphatic heterocycles. The van der Waals surface area contributed by atoms with Gasteiger partial charge in [0.25, 0.3) is 0 Å². The van der Waals surface area contributed by atoms with Crippen LogP contribution >= 0.6 is 0 Å². The van der Waals surface area contributed by atoms with E-state index in [9.17, 15) is 27.9 Å². The molecule has 48 heavy (non-hydrogen) atoms. The maximum absolute atomic E-state index is 15.3. The fourth-order valence-electron chi connectivity index (χ4n) is 11.2. The van der Waals surface area contributed by atoms with Crippen molar-refractivity contribution in [3.63, 3.8) is 0 Å². The number of hydrogen-bond donors (Lipinski definition) is 1. The number of benzene rings is 1. The van der Waals surface area contributed by atoms with E-state index in [1.807, 2.05) is 32.9 Å². The molecule has 1 spiro atoms. The van der Waals surface area contributed by atoms with Crippen LogP contribution in [0.1, 0.15) is 95.2 Å². The molecule has 1 saturated heterocycles. The highest BCUT2D eigenvalue weighted by Gasteiger charge is 2.80. The number of halogens is 5. The molecule has 4 fully saturated rings. The summed E-state index contributed by atoms with van der Waals surface area (Å²) in [7, 11) is 0. The predicted molar refractivity (Wildman–Crippen MR) is 168 cm³/mol. The number of hydrogen-bond acceptors (Lipinski definition) is 5. The predicted octanol–water partition coefficient (Wildman–Crippen LogP) is 7.43. The van der Waals surface area contributed by atoms with Crippen LogP contribution in [0, 0.1) is 28.6 Å². The van der Waals surface area contributed by atoms with Gasteiger partial charge in [0.2, 0.25) is 0 Å². The lowest BCUT2D eigenvalue weighted by molar-refractivity contribution is -0.364. The van der Waals surface area contributed by atoms with E-state index in [-0.39, 0.29) is 47.9 Å². The molecule has 5 aliphatic carbocycles. The third kappa shape index (κ3) is 4.98. The molecule has 1 aromatic rings. The van der Waals surface area contributed by atoms with Crippen molar-refractivity contribution in [1.29, 1.82) is 0 Å². The highest BCUT2D eigenvalue weighted by Crippen LogP contribution is 2.75. The lowest BCUT2D eigenvalue weighted by Gasteiger charge is -2.65. The summed E-state index contributed by atoms with van der Waals surface area (Å²) in [5.74, 6) is -6.02. The maximum Gasteiger partial charge on any atom is 0.456 e. The van der Waals surface area contributed by atoms with Gasteiger partial charge in [0, 0.05) is 44.6 Å². The largest absolute Gasteiger partial charge is 0.456 e. The van der Waals surface area contributed by atoms with E-state index < -0.39 is 41.1 Å². The zero-order chi connectivity index (χ0) is 34.7. The molecule has 1 N–H and O–H groups in total. The number of amides is 1. The summed E-state index contributed by atoms with van der Waals surface area (Å²) in [6, 6.07) is 6.25. The Morgan fingerprint density at radius 2 is 1.73 bits per heavy atom. The van der Waals surface area contributed by atoms with E-state index >= 15 is 8.78 Å². The second-order valence-corrected chi connectivity index (χ2v) is 16.8. The smallest absolute Gasteiger partial charge is 0.444 e. The molecule has 264 valence electrons. The molecule has 4 unspecified atom stereocenters. The number of carbonyl (C=O) groups excluding carboxylic acids is 2. The van der Waals surface area contributed by atoms with Crippen LogP contribution in [0.25, 0.3) is 0 Å². The van der Waals surface area contributed by atoms with Crippen LogP contribution in [0.3, 0.4) is 0 Å². The first-order chi connectivity index (χ1) is 22.3. The van der Waals surface area contributed by atoms with Crippen LogP contribution in [-0.2, 0) is 22.5 Å². The minimum atomic E-state index is -5.86. The normalized spacial score (nSPS) is 36.8. The minimum Gasteiger partial charge on any atom is -0.444 e. The maximum atomic E-state index is 15.3. The summed E-state index contributed by atoms with van der Waals surface area (Å²) in [6.07, 6.45) is -1.79. The zero-order valence-electron chi connectivity index (χ0n) is 28.3. The third-order valence-corrected chi connectivity index (χ3v) is 13.2. The van der Waals surface area contributed by atoms with Gasteiger partial charge in [-0.25, -0.2) is 4.79 Å². The van der Waals surface area contributed by atoms with Crippen molar-refractivity contribution >= 4 is 11.9 Å². The van der Waals surface area contributed by atoms with Crippen LogP contribution in [0.4, 0.5) is 26.7 Å². The molecule has 3 saturated carbocycles. The summed E-state index contributed by atoms with van der Waals surface area (Å²) in [5, 5.41) is 11.6. The van der Waals surface area contributed by atoms with Crippen LogP contribution in [0.5, 0.6) is 0 Å². The molecule has 0 bridgehead atoms. The van der Waals surface area contributed by atoms with E-state index in [1.165, 1.54) is 6.92 Å². The quantitative estimate of drug-likeness (QED) is 0.337. The number of alkyl halides is 5. The fraction of sp³-hybridized carbons (Fsp3) is 0.730. The van der Waals surface area contributed by atoms with Crippen molar-refractivity contribution in [3.8, 4) is 0 Å². The molecule has 7 rings (SSSR count). The van der Waals surface area contributed by atoms with Gasteiger partial charge in [-0.2, -0.15) is 22.0 Å². The van der Waals surface area contributed by atoms with E-state index in [4.69, 9.17) is 4.74 Å². The molecule has 7 atom stereocenters. The molecule has 1 aromatic carbocycles. The Hall–Kier alpha value is -2.53. The Morgan fingerprint density at radius 1 is 1.02 bits per heavy atom. The molecular weight excluding hydrogens is 631 g/mol. The highest BCUT2D eigenvalue weighted by atomic mass is 19.4. The van der Waals surface area contributed by atoms with Crippen LogP contribution < -0.4 is 0 Å². The molecule has 1 amide bonds. The second-order valence-electron chi connectivity index (χ2n) is 16.8. The lowest BCUT2D eigenvalue weighted by Crippen LogP contribution is -2.67. The minimum absolute atomic E-state index is 0.0183. The van der Waals surface area contributed by atoms with Crippen LogP contribution in [-0.4, -0.2) is 76.3 Å². The van der Waals surface area contributed by atoms with E-state index in [0.717, 1.165) is 22.3 Å². The number of ether oxygens (including phenoxy) is 1. The van der Waals surface area contributed by atoms with Gasteiger partial charge in [0.15, 0.2) is 5.78 Å². The van der Waals surface area contributed by atoms with Gasteiger partial charge in [0.05, 0.1) is 0 Å². The summed E-state index contributed by atoms with van der Waals surface area (Å²) in [6.45, 7) is 10.1. The standard InChI is InChI=1S/C37H47F5N2O4/c1-32(2,3)48-31(46)44-15-13-43(14-16-44)21-22-5-7-26-23(17-22)19-34-11-9-25(45)18-24(34)6-8-27-29-10-12-35(47,36(38,39)37(40,41)42)33(29,4)20-28(26)30(27)34/h5,7,17-18,27-30,47H,6,8-16,19-21H2,1-4H3/t27?,28-,29?,30?,33+,34?,35+/m1/s1. The van der Waals surface area contributed by atoms with Gasteiger partial charge in [-0.1, -0.05) is 30.7 Å². The summed E-state index contributed by atoms with van der Waals surface area (Å²) < 4.78 is 78.0. The van der Waals surface area contributed by atoms with Crippen LogP contribution in [0.2, 0.25) is 0 Å². The average molecular weight is 679 g/mol. The van der Waals surface area contributed by atoms with Crippen molar-refractivity contribution in [2.45, 2.75) is 115 Å². The van der Waals surface area contributed by atoms with Gasteiger partial charge in [-0.3, -0.25) is 9.69 Å². The highest BCUT2D eigenvalue weighted by molar-refractivity contribution is 5.91. The second kappa shape index (κ2) is 11.0. The van der Waals surface area contributed by atoms with Gasteiger partial charge in [-0.15, -0.1) is 0 Å². The van der Waals surface area contributed by atoms with Crippen molar-refractivity contribution in [1.82, 2.24) is 9.80 Å². The number of fused-ring (bicyclic) bond motifs is 4. The molecule has 0 radical (unpaired) electrons. The van der Waals surface area contributed by atoms with E-state index in [2.05, 4.69) is 11.0 Å². The summed E-state index contributed by atoms with van der Waals surface area (Å²) >= 11 is 0. The number of allylic oxidation sites excluding steroid dienone is 1. The Morgan fingerprint density at radius 3 is 2.40 bits per heavy atom. The summed E-state index contributed by atoms with van der Waals surface area (Å²) in [5.41, 5.74) is -1.52. The molecular formula is C37H47F5N2O4. The molecule has 6 nitrogen and oxygen atoms in total. The van der Waals surface area contributed by atoms with Crippen molar-refractivity contribution in [2.24, 2.45) is 28.6 Å². The number of nitrogens with zero attached hydrogens (tertiary/aromatic N) is 2. The van der Waals surface area contributed by atoms with Crippen molar-refractivity contribution in [3.05, 3.63) is 46.5 Å². The molecule has 6 aliphatic rings. The Bertz CT molecular complexity index is 1530. The number of rotatable bonds is 3. The fourth-order valence-corrected chi connectivity index (χ4v) is 11.2. The molecule has 0 aromatic heterocycles. The van der Waals surface area contributed by atoms with Gasteiger partial charge < -0.3 is 14.7 Å². The average Bonchev–Trinajstić information content (AvgIpc) is 3.27. The first-order valence-electron chi connectivity index (χ1n) is 17.5. The van der Waals surface area contributed by atoms with Crippen LogP contribution in [0.15, 0.2) is 29.8 Å².